The Bertz CT molecular complexity index is 1260. The number of carbonyl (C=O) groups is 3. The van der Waals surface area contributed by atoms with E-state index in [9.17, 15) is 14.4 Å². The van der Waals surface area contributed by atoms with Crippen molar-refractivity contribution in [3.05, 3.63) is 65.2 Å². The molecular weight excluding hydrogens is 466 g/mol. The second kappa shape index (κ2) is 8.33. The molecule has 0 radical (unpaired) electrons. The SMILES string of the molecule is O=C1OC2(CCN(C(=O)C3(c4ccc(N5CCN(C(=O)C6CC6)CC5)cc4)CCC3)C2)c2ccccc21. The Kier molecular flexibility index (Phi) is 5.14. The zero-order valence-corrected chi connectivity index (χ0v) is 21.2. The highest BCUT2D eigenvalue weighted by molar-refractivity contribution is 5.95. The number of hydrogen-bond donors (Lipinski definition) is 0. The van der Waals surface area contributed by atoms with E-state index in [4.69, 9.17) is 4.74 Å². The summed E-state index contributed by atoms with van der Waals surface area (Å²) in [6.07, 6.45) is 5.50. The smallest absolute Gasteiger partial charge is 0.339 e. The average molecular weight is 500 g/mol. The average Bonchev–Trinajstić information content (AvgIpc) is 3.62. The Labute approximate surface area is 217 Å². The zero-order chi connectivity index (χ0) is 25.2. The fourth-order valence-corrected chi connectivity index (χ4v) is 6.83. The molecule has 0 bridgehead atoms. The summed E-state index contributed by atoms with van der Waals surface area (Å²) in [5, 5.41) is 0. The summed E-state index contributed by atoms with van der Waals surface area (Å²) in [5.74, 6) is 0.496. The molecule has 3 aliphatic heterocycles. The lowest BCUT2D eigenvalue weighted by molar-refractivity contribution is -0.141. The topological polar surface area (TPSA) is 70.2 Å². The summed E-state index contributed by atoms with van der Waals surface area (Å²) in [7, 11) is 0. The molecule has 2 aromatic rings. The number of esters is 1. The van der Waals surface area contributed by atoms with Crippen molar-refractivity contribution < 1.29 is 19.1 Å². The van der Waals surface area contributed by atoms with Crippen molar-refractivity contribution >= 4 is 23.5 Å². The molecule has 2 saturated carbocycles. The first-order valence-corrected chi connectivity index (χ1v) is 13.8. The number of anilines is 1. The van der Waals surface area contributed by atoms with Crippen LogP contribution in [0.1, 0.15) is 60.0 Å². The Hall–Kier alpha value is -3.35. The van der Waals surface area contributed by atoms with Gasteiger partial charge in [0.15, 0.2) is 5.60 Å². The zero-order valence-electron chi connectivity index (χ0n) is 21.2. The fourth-order valence-electron chi connectivity index (χ4n) is 6.83. The summed E-state index contributed by atoms with van der Waals surface area (Å²) in [6.45, 7) is 4.28. The standard InChI is InChI=1S/C30H33N3O4/c34-26(21-6-7-21)32-18-16-31(17-19-32)23-10-8-22(9-11-23)29(12-3-13-29)28(36)33-15-14-30(20-33)25-5-2-1-4-24(25)27(35)37-30/h1-2,4-5,8-11,21H,3,6-7,12-20H2. The third-order valence-electron chi connectivity index (χ3n) is 9.36. The number of ether oxygens (including phenoxy) is 1. The van der Waals surface area contributed by atoms with Crippen LogP contribution in [0.25, 0.3) is 0 Å². The molecule has 7 nitrogen and oxygen atoms in total. The molecule has 37 heavy (non-hydrogen) atoms. The number of carbonyl (C=O) groups excluding carboxylic acids is 3. The molecule has 2 aliphatic carbocycles. The summed E-state index contributed by atoms with van der Waals surface area (Å²) < 4.78 is 5.89. The van der Waals surface area contributed by atoms with Crippen molar-refractivity contribution in [2.75, 3.05) is 44.2 Å². The van der Waals surface area contributed by atoms with Crippen LogP contribution in [0.15, 0.2) is 48.5 Å². The minimum absolute atomic E-state index is 0.163. The lowest BCUT2D eigenvalue weighted by atomic mass is 9.63. The number of nitrogens with zero attached hydrogens (tertiary/aromatic N) is 3. The van der Waals surface area contributed by atoms with Gasteiger partial charge in [-0.25, -0.2) is 4.79 Å². The van der Waals surface area contributed by atoms with E-state index in [1.165, 1.54) is 0 Å². The second-order valence-electron chi connectivity index (χ2n) is 11.5. The third-order valence-corrected chi connectivity index (χ3v) is 9.36. The first kappa shape index (κ1) is 22.8. The van der Waals surface area contributed by atoms with E-state index < -0.39 is 11.0 Å². The Balaban J connectivity index is 1.05. The molecule has 4 fully saturated rings. The Morgan fingerprint density at radius 1 is 0.838 bits per heavy atom. The molecule has 0 N–H and O–H groups in total. The number of piperazine rings is 1. The number of hydrogen-bond acceptors (Lipinski definition) is 5. The lowest BCUT2D eigenvalue weighted by Crippen LogP contribution is -2.51. The highest BCUT2D eigenvalue weighted by Gasteiger charge is 2.55. The van der Waals surface area contributed by atoms with Gasteiger partial charge in [0.05, 0.1) is 17.5 Å². The van der Waals surface area contributed by atoms with Gasteiger partial charge in [-0.3, -0.25) is 9.59 Å². The minimum atomic E-state index is -0.707. The van der Waals surface area contributed by atoms with E-state index in [-0.39, 0.29) is 17.8 Å². The van der Waals surface area contributed by atoms with Crippen molar-refractivity contribution in [3.63, 3.8) is 0 Å². The molecule has 3 heterocycles. The Morgan fingerprint density at radius 2 is 1.57 bits per heavy atom. The molecule has 5 aliphatic rings. The quantitative estimate of drug-likeness (QED) is 0.603. The maximum atomic E-state index is 14.0. The predicted octanol–water partition coefficient (Wildman–Crippen LogP) is 3.47. The van der Waals surface area contributed by atoms with Crippen LogP contribution >= 0.6 is 0 Å². The van der Waals surface area contributed by atoms with Crippen LogP contribution in [0.5, 0.6) is 0 Å². The van der Waals surface area contributed by atoms with Crippen molar-refractivity contribution in [2.24, 2.45) is 5.92 Å². The van der Waals surface area contributed by atoms with E-state index in [1.807, 2.05) is 34.1 Å². The van der Waals surface area contributed by atoms with Crippen molar-refractivity contribution in [1.29, 1.82) is 0 Å². The minimum Gasteiger partial charge on any atom is -0.449 e. The molecule has 7 heteroatoms. The number of fused-ring (bicyclic) bond motifs is 2. The van der Waals surface area contributed by atoms with Crippen LogP contribution in [0.3, 0.4) is 0 Å². The third kappa shape index (κ3) is 3.57. The largest absolute Gasteiger partial charge is 0.449 e. The van der Waals surface area contributed by atoms with Gasteiger partial charge in [-0.15, -0.1) is 0 Å². The molecule has 2 aromatic carbocycles. The van der Waals surface area contributed by atoms with Gasteiger partial charge in [0.1, 0.15) is 0 Å². The maximum absolute atomic E-state index is 14.0. The van der Waals surface area contributed by atoms with E-state index in [1.54, 1.807) is 0 Å². The molecule has 2 saturated heterocycles. The van der Waals surface area contributed by atoms with E-state index in [0.717, 1.165) is 75.1 Å². The van der Waals surface area contributed by atoms with E-state index in [2.05, 4.69) is 29.2 Å². The van der Waals surface area contributed by atoms with Crippen LogP contribution < -0.4 is 4.90 Å². The fraction of sp³-hybridized carbons (Fsp3) is 0.500. The molecular formula is C30H33N3O4. The summed E-state index contributed by atoms with van der Waals surface area (Å²) in [6, 6.07) is 16.1. The van der Waals surface area contributed by atoms with Crippen molar-refractivity contribution in [3.8, 4) is 0 Å². The maximum Gasteiger partial charge on any atom is 0.339 e. The van der Waals surface area contributed by atoms with Crippen molar-refractivity contribution in [1.82, 2.24) is 9.80 Å². The number of rotatable bonds is 4. The van der Waals surface area contributed by atoms with E-state index in [0.29, 0.717) is 31.0 Å². The molecule has 2 amide bonds. The van der Waals surface area contributed by atoms with Crippen LogP contribution in [0, 0.1) is 5.92 Å². The number of benzene rings is 2. The first-order valence-electron chi connectivity index (χ1n) is 13.8. The van der Waals surface area contributed by atoms with E-state index >= 15 is 0 Å². The van der Waals surface area contributed by atoms with Gasteiger partial charge in [0.25, 0.3) is 0 Å². The van der Waals surface area contributed by atoms with Gasteiger partial charge in [0, 0.05) is 56.3 Å². The number of likely N-dealkylation sites (tertiary alicyclic amines) is 1. The number of amides is 2. The first-order chi connectivity index (χ1) is 18.0. The molecule has 0 aromatic heterocycles. The predicted molar refractivity (Wildman–Crippen MR) is 138 cm³/mol. The molecule has 1 spiro atoms. The van der Waals surface area contributed by atoms with Crippen LogP contribution in [0.2, 0.25) is 0 Å². The normalized spacial score (nSPS) is 26.2. The molecule has 192 valence electrons. The molecule has 1 atom stereocenters. The van der Waals surface area contributed by atoms with Gasteiger partial charge in [-0.05, 0) is 49.4 Å². The van der Waals surface area contributed by atoms with Crippen LogP contribution in [0.4, 0.5) is 5.69 Å². The monoisotopic (exact) mass is 499 g/mol. The van der Waals surface area contributed by atoms with Gasteiger partial charge < -0.3 is 19.4 Å². The second-order valence-corrected chi connectivity index (χ2v) is 11.5. The summed E-state index contributed by atoms with van der Waals surface area (Å²) >= 11 is 0. The highest BCUT2D eigenvalue weighted by atomic mass is 16.6. The summed E-state index contributed by atoms with van der Waals surface area (Å²) in [5.41, 5.74) is 2.59. The van der Waals surface area contributed by atoms with Crippen molar-refractivity contribution in [2.45, 2.75) is 49.5 Å². The Morgan fingerprint density at radius 3 is 2.24 bits per heavy atom. The van der Waals surface area contributed by atoms with Gasteiger partial charge in [-0.1, -0.05) is 36.8 Å². The molecule has 7 rings (SSSR count). The van der Waals surface area contributed by atoms with Crippen LogP contribution in [-0.4, -0.2) is 66.9 Å². The van der Waals surface area contributed by atoms with Crippen LogP contribution in [-0.2, 0) is 25.3 Å². The summed E-state index contributed by atoms with van der Waals surface area (Å²) in [4.78, 5) is 45.1. The van der Waals surface area contributed by atoms with Gasteiger partial charge in [-0.2, -0.15) is 0 Å². The van der Waals surface area contributed by atoms with Gasteiger partial charge in [0.2, 0.25) is 11.8 Å². The molecule has 1 unspecified atom stereocenters. The lowest BCUT2D eigenvalue weighted by Gasteiger charge is -2.43. The highest BCUT2D eigenvalue weighted by Crippen LogP contribution is 2.49. The van der Waals surface area contributed by atoms with Gasteiger partial charge >= 0.3 is 5.97 Å².